The molecule has 5 aromatic heterocycles. The number of benzene rings is 1. The smallest absolute Gasteiger partial charge is 0.138 e. The molecule has 0 spiro atoms. The largest absolute Gasteiger partial charge is 0.489 e. The van der Waals surface area contributed by atoms with Gasteiger partial charge < -0.3 is 15.0 Å². The van der Waals surface area contributed by atoms with Crippen molar-refractivity contribution in [3.05, 3.63) is 71.7 Å². The summed E-state index contributed by atoms with van der Waals surface area (Å²) in [6.07, 6.45) is 5.85. The van der Waals surface area contributed by atoms with Crippen molar-refractivity contribution in [1.29, 1.82) is 0 Å². The van der Waals surface area contributed by atoms with Gasteiger partial charge in [0, 0.05) is 22.7 Å². The van der Waals surface area contributed by atoms with Gasteiger partial charge in [0.2, 0.25) is 0 Å². The van der Waals surface area contributed by atoms with Gasteiger partial charge in [-0.05, 0) is 84.2 Å². The standard InChI is InChI=1S/C28H24N6OS/c1-2-21(17-8-11-36-16-17)22-13-26(31-24(22)3-1)28-27-25(33-34-28)5-4-23(32-27)18-12-20(15-30-14-18)35-19-6-9-29-10-7-19/h1-5,8,11-16,19,29,31H,6-7,9-10H2,(H,33,34). The van der Waals surface area contributed by atoms with Gasteiger partial charge in [0.05, 0.1) is 23.1 Å². The highest BCUT2D eigenvalue weighted by Crippen LogP contribution is 2.35. The van der Waals surface area contributed by atoms with E-state index in [0.717, 1.165) is 70.9 Å². The Morgan fingerprint density at radius 2 is 1.89 bits per heavy atom. The van der Waals surface area contributed by atoms with E-state index in [1.807, 2.05) is 24.4 Å². The van der Waals surface area contributed by atoms with E-state index in [-0.39, 0.29) is 6.10 Å². The van der Waals surface area contributed by atoms with E-state index in [9.17, 15) is 0 Å². The predicted octanol–water partition coefficient (Wildman–Crippen LogP) is 6.03. The Bertz CT molecular complexity index is 1660. The van der Waals surface area contributed by atoms with E-state index in [1.54, 1.807) is 17.5 Å². The molecule has 0 aliphatic carbocycles. The molecule has 1 aliphatic heterocycles. The number of rotatable bonds is 5. The Morgan fingerprint density at radius 3 is 2.78 bits per heavy atom. The Morgan fingerprint density at radius 1 is 0.944 bits per heavy atom. The van der Waals surface area contributed by atoms with Gasteiger partial charge in [0.25, 0.3) is 0 Å². The fraction of sp³-hybridized carbons (Fsp3) is 0.179. The number of pyridine rings is 2. The second-order valence-electron chi connectivity index (χ2n) is 9.10. The molecule has 6 heterocycles. The molecule has 178 valence electrons. The number of nitrogens with zero attached hydrogens (tertiary/aromatic N) is 3. The molecular weight excluding hydrogens is 468 g/mol. The van der Waals surface area contributed by atoms with E-state index >= 15 is 0 Å². The summed E-state index contributed by atoms with van der Waals surface area (Å²) >= 11 is 1.71. The summed E-state index contributed by atoms with van der Waals surface area (Å²) in [6, 6.07) is 16.7. The van der Waals surface area contributed by atoms with Crippen molar-refractivity contribution < 1.29 is 4.74 Å². The maximum absolute atomic E-state index is 6.21. The summed E-state index contributed by atoms with van der Waals surface area (Å²) in [6.45, 7) is 1.98. The average molecular weight is 493 g/mol. The molecule has 1 aromatic carbocycles. The molecule has 36 heavy (non-hydrogen) atoms. The first-order chi connectivity index (χ1) is 17.8. The summed E-state index contributed by atoms with van der Waals surface area (Å²) in [5.74, 6) is 0.783. The SMILES string of the molecule is c1cc(-c2ccsc2)c2cc(-c3n[nH]c4ccc(-c5cncc(OC6CCNCC6)c5)nc34)[nH]c2c1. The van der Waals surface area contributed by atoms with Crippen molar-refractivity contribution in [3.63, 3.8) is 0 Å². The zero-order chi connectivity index (χ0) is 23.9. The molecule has 0 unspecified atom stereocenters. The normalized spacial score (nSPS) is 14.6. The van der Waals surface area contributed by atoms with Crippen LogP contribution in [-0.2, 0) is 0 Å². The van der Waals surface area contributed by atoms with Crippen LogP contribution in [0, 0.1) is 0 Å². The van der Waals surface area contributed by atoms with Crippen molar-refractivity contribution >= 4 is 33.3 Å². The molecule has 8 heteroatoms. The van der Waals surface area contributed by atoms with Crippen molar-refractivity contribution in [1.82, 2.24) is 30.5 Å². The first-order valence-corrected chi connectivity index (χ1v) is 13.1. The summed E-state index contributed by atoms with van der Waals surface area (Å²) < 4.78 is 6.21. The van der Waals surface area contributed by atoms with Crippen molar-refractivity contribution in [2.75, 3.05) is 13.1 Å². The molecule has 0 atom stereocenters. The van der Waals surface area contributed by atoms with Crippen LogP contribution in [0.15, 0.2) is 71.7 Å². The first-order valence-electron chi connectivity index (χ1n) is 12.1. The third-order valence-corrected chi connectivity index (χ3v) is 7.44. The molecule has 7 nitrogen and oxygen atoms in total. The maximum atomic E-state index is 6.21. The molecule has 0 amide bonds. The molecule has 3 N–H and O–H groups in total. The number of hydrogen-bond acceptors (Lipinski definition) is 6. The number of hydrogen-bond donors (Lipinski definition) is 3. The number of H-pyrrole nitrogens is 2. The lowest BCUT2D eigenvalue weighted by atomic mass is 10.0. The Kier molecular flexibility index (Phi) is 5.26. The summed E-state index contributed by atoms with van der Waals surface area (Å²) in [5.41, 5.74) is 8.72. The van der Waals surface area contributed by atoms with Gasteiger partial charge >= 0.3 is 0 Å². The van der Waals surface area contributed by atoms with Crippen molar-refractivity contribution in [2.45, 2.75) is 18.9 Å². The minimum Gasteiger partial charge on any atom is -0.489 e. The molecule has 1 aliphatic rings. The summed E-state index contributed by atoms with van der Waals surface area (Å²) in [7, 11) is 0. The zero-order valence-corrected chi connectivity index (χ0v) is 20.3. The molecule has 1 fully saturated rings. The first kappa shape index (κ1) is 21.3. The molecular formula is C28H24N6OS. The topological polar surface area (TPSA) is 91.5 Å². The number of piperidine rings is 1. The average Bonchev–Trinajstić information content (AvgIpc) is 3.68. The van der Waals surface area contributed by atoms with Gasteiger partial charge in [-0.1, -0.05) is 12.1 Å². The van der Waals surface area contributed by atoms with Gasteiger partial charge in [0.15, 0.2) is 0 Å². The fourth-order valence-electron chi connectivity index (χ4n) is 4.93. The van der Waals surface area contributed by atoms with Crippen LogP contribution < -0.4 is 10.1 Å². The lowest BCUT2D eigenvalue weighted by Gasteiger charge is -2.23. The maximum Gasteiger partial charge on any atom is 0.138 e. The number of aromatic nitrogens is 5. The highest BCUT2D eigenvalue weighted by molar-refractivity contribution is 7.08. The number of nitrogens with one attached hydrogen (secondary N) is 3. The minimum atomic E-state index is 0.222. The molecule has 7 rings (SSSR count). The van der Waals surface area contributed by atoms with Crippen LogP contribution in [0.3, 0.4) is 0 Å². The molecule has 6 aromatic rings. The molecule has 0 saturated carbocycles. The Labute approximate surface area is 211 Å². The van der Waals surface area contributed by atoms with E-state index in [1.165, 1.54) is 16.5 Å². The van der Waals surface area contributed by atoms with E-state index in [2.05, 4.69) is 66.6 Å². The molecule has 1 saturated heterocycles. The van der Waals surface area contributed by atoms with Crippen molar-refractivity contribution in [2.24, 2.45) is 0 Å². The van der Waals surface area contributed by atoms with E-state index in [0.29, 0.717) is 0 Å². The van der Waals surface area contributed by atoms with Crippen LogP contribution in [0.5, 0.6) is 5.75 Å². The van der Waals surface area contributed by atoms with Crippen molar-refractivity contribution in [3.8, 4) is 39.5 Å². The zero-order valence-electron chi connectivity index (χ0n) is 19.5. The summed E-state index contributed by atoms with van der Waals surface area (Å²) in [5, 5.41) is 16.6. The third-order valence-electron chi connectivity index (χ3n) is 6.76. The van der Waals surface area contributed by atoms with Gasteiger partial charge in [-0.3, -0.25) is 10.1 Å². The minimum absolute atomic E-state index is 0.222. The van der Waals surface area contributed by atoms with Gasteiger partial charge in [-0.15, -0.1) is 0 Å². The van der Waals surface area contributed by atoms with Gasteiger partial charge in [-0.2, -0.15) is 16.4 Å². The van der Waals surface area contributed by atoms with Crippen LogP contribution >= 0.6 is 11.3 Å². The second-order valence-corrected chi connectivity index (χ2v) is 9.88. The number of fused-ring (bicyclic) bond motifs is 2. The highest BCUT2D eigenvalue weighted by atomic mass is 32.1. The van der Waals surface area contributed by atoms with Gasteiger partial charge in [0.1, 0.15) is 23.1 Å². The Balaban J connectivity index is 1.26. The van der Waals surface area contributed by atoms with Crippen LogP contribution in [-0.4, -0.2) is 44.3 Å². The van der Waals surface area contributed by atoms with Crippen LogP contribution in [0.2, 0.25) is 0 Å². The highest BCUT2D eigenvalue weighted by Gasteiger charge is 2.17. The third kappa shape index (κ3) is 3.84. The van der Waals surface area contributed by atoms with Crippen LogP contribution in [0.1, 0.15) is 12.8 Å². The second kappa shape index (κ2) is 8.89. The molecule has 0 bridgehead atoms. The number of ether oxygens (including phenoxy) is 1. The number of aromatic amines is 2. The van der Waals surface area contributed by atoms with E-state index in [4.69, 9.17) is 9.72 Å². The lowest BCUT2D eigenvalue weighted by Crippen LogP contribution is -2.34. The fourth-order valence-corrected chi connectivity index (χ4v) is 5.58. The summed E-state index contributed by atoms with van der Waals surface area (Å²) in [4.78, 5) is 13.0. The monoisotopic (exact) mass is 492 g/mol. The van der Waals surface area contributed by atoms with Crippen LogP contribution in [0.25, 0.3) is 55.7 Å². The van der Waals surface area contributed by atoms with E-state index < -0.39 is 0 Å². The molecule has 0 radical (unpaired) electrons. The van der Waals surface area contributed by atoms with Crippen LogP contribution in [0.4, 0.5) is 0 Å². The quantitative estimate of drug-likeness (QED) is 0.273. The predicted molar refractivity (Wildman–Crippen MR) is 144 cm³/mol. The number of thiophene rings is 1. The Hall–Kier alpha value is -4.01. The lowest BCUT2D eigenvalue weighted by molar-refractivity contribution is 0.162. The van der Waals surface area contributed by atoms with Gasteiger partial charge in [-0.25, -0.2) is 4.98 Å².